The number of alkyl halides is 3. The second-order valence-electron chi connectivity index (χ2n) is 6.15. The fraction of sp³-hybridized carbons (Fsp3) is 0.562. The number of halogens is 3. The second kappa shape index (κ2) is 8.28. The Morgan fingerprint density at radius 3 is 2.60 bits per heavy atom. The Labute approximate surface area is 143 Å². The third kappa shape index (κ3) is 6.69. The van der Waals surface area contributed by atoms with Gasteiger partial charge in [0.1, 0.15) is 12.4 Å². The monoisotopic (exact) mass is 358 g/mol. The van der Waals surface area contributed by atoms with E-state index in [1.54, 1.807) is 17.2 Å². The zero-order valence-electron chi connectivity index (χ0n) is 13.9. The van der Waals surface area contributed by atoms with E-state index in [0.717, 1.165) is 5.56 Å². The lowest BCUT2D eigenvalue weighted by atomic mass is 9.96. The van der Waals surface area contributed by atoms with Crippen LogP contribution in [-0.2, 0) is 9.59 Å². The van der Waals surface area contributed by atoms with E-state index in [9.17, 15) is 22.8 Å². The number of nitrogens with one attached hydrogen (secondary N) is 2. The molecule has 138 valence electrons. The Morgan fingerprint density at radius 1 is 1.32 bits per heavy atom. The van der Waals surface area contributed by atoms with Gasteiger partial charge in [-0.05, 0) is 50.6 Å². The van der Waals surface area contributed by atoms with Crippen molar-refractivity contribution in [1.29, 1.82) is 0 Å². The summed E-state index contributed by atoms with van der Waals surface area (Å²) < 4.78 is 36.2. The molecule has 9 heteroatoms. The molecule has 2 amide bonds. The number of amides is 2. The van der Waals surface area contributed by atoms with Crippen molar-refractivity contribution in [3.63, 3.8) is 0 Å². The molecular formula is C16H21F3N4O2. The van der Waals surface area contributed by atoms with Gasteiger partial charge < -0.3 is 10.6 Å². The minimum absolute atomic E-state index is 0.0934. The van der Waals surface area contributed by atoms with E-state index in [-0.39, 0.29) is 18.4 Å². The number of anilines is 1. The summed E-state index contributed by atoms with van der Waals surface area (Å²) in [5, 5.41) is 4.62. The van der Waals surface area contributed by atoms with Crippen molar-refractivity contribution in [2.24, 2.45) is 5.92 Å². The first kappa shape index (κ1) is 19.2. The summed E-state index contributed by atoms with van der Waals surface area (Å²) in [6.07, 6.45) is -1.70. The maximum atomic E-state index is 12.2. The Hall–Kier alpha value is -2.16. The molecule has 0 unspecified atom stereocenters. The molecule has 1 fully saturated rings. The molecule has 1 aromatic rings. The van der Waals surface area contributed by atoms with Gasteiger partial charge in [-0.15, -0.1) is 0 Å². The van der Waals surface area contributed by atoms with Crippen LogP contribution in [0.25, 0.3) is 0 Å². The van der Waals surface area contributed by atoms with Crippen LogP contribution in [-0.4, -0.2) is 54.1 Å². The highest BCUT2D eigenvalue weighted by atomic mass is 19.4. The molecule has 1 aliphatic heterocycles. The minimum atomic E-state index is -4.41. The van der Waals surface area contributed by atoms with Gasteiger partial charge in [-0.1, -0.05) is 0 Å². The van der Waals surface area contributed by atoms with Crippen LogP contribution >= 0.6 is 0 Å². The number of hydrogen-bond donors (Lipinski definition) is 2. The molecule has 6 nitrogen and oxygen atoms in total. The summed E-state index contributed by atoms with van der Waals surface area (Å²) in [4.78, 5) is 29.6. The van der Waals surface area contributed by atoms with Gasteiger partial charge in [0, 0.05) is 12.1 Å². The van der Waals surface area contributed by atoms with Crippen molar-refractivity contribution in [1.82, 2.24) is 15.2 Å². The normalized spacial score (nSPS) is 16.5. The quantitative estimate of drug-likeness (QED) is 0.841. The fourth-order valence-electron chi connectivity index (χ4n) is 2.64. The first-order valence-electron chi connectivity index (χ1n) is 8.02. The highest BCUT2D eigenvalue weighted by Gasteiger charge is 2.29. The SMILES string of the molecule is Cc1ccnc(NC(=O)C2CCN(CC(=O)NCC(F)(F)F)CC2)c1. The third-order valence-electron chi connectivity index (χ3n) is 3.98. The summed E-state index contributed by atoms with van der Waals surface area (Å²) in [7, 11) is 0. The first-order chi connectivity index (χ1) is 11.7. The Balaban J connectivity index is 1.73. The van der Waals surface area contributed by atoms with Gasteiger partial charge in [-0.25, -0.2) is 4.98 Å². The van der Waals surface area contributed by atoms with Crippen molar-refractivity contribution < 1.29 is 22.8 Å². The number of rotatable bonds is 5. The topological polar surface area (TPSA) is 74.3 Å². The molecule has 0 aromatic carbocycles. The highest BCUT2D eigenvalue weighted by molar-refractivity contribution is 5.91. The molecule has 1 aliphatic rings. The molecule has 25 heavy (non-hydrogen) atoms. The molecule has 0 aliphatic carbocycles. The lowest BCUT2D eigenvalue weighted by molar-refractivity contribution is -0.139. The summed E-state index contributed by atoms with van der Waals surface area (Å²) in [5.74, 6) is -0.487. The van der Waals surface area contributed by atoms with Gasteiger partial charge in [-0.3, -0.25) is 14.5 Å². The Kier molecular flexibility index (Phi) is 6.35. The van der Waals surface area contributed by atoms with Crippen LogP contribution in [0.3, 0.4) is 0 Å². The van der Waals surface area contributed by atoms with Gasteiger partial charge in [-0.2, -0.15) is 13.2 Å². The lowest BCUT2D eigenvalue weighted by Gasteiger charge is -2.30. The van der Waals surface area contributed by atoms with Crippen molar-refractivity contribution in [3.05, 3.63) is 23.9 Å². The molecule has 1 saturated heterocycles. The predicted octanol–water partition coefficient (Wildman–Crippen LogP) is 1.72. The van der Waals surface area contributed by atoms with E-state index in [2.05, 4.69) is 10.3 Å². The van der Waals surface area contributed by atoms with Gasteiger partial charge in [0.15, 0.2) is 0 Å². The van der Waals surface area contributed by atoms with Crippen LogP contribution in [0.1, 0.15) is 18.4 Å². The van der Waals surface area contributed by atoms with Gasteiger partial charge in [0.05, 0.1) is 6.54 Å². The highest BCUT2D eigenvalue weighted by Crippen LogP contribution is 2.19. The van der Waals surface area contributed by atoms with Crippen LogP contribution < -0.4 is 10.6 Å². The van der Waals surface area contributed by atoms with E-state index in [4.69, 9.17) is 0 Å². The molecule has 0 spiro atoms. The van der Waals surface area contributed by atoms with Crippen molar-refractivity contribution in [2.75, 3.05) is 31.5 Å². The van der Waals surface area contributed by atoms with Crippen molar-refractivity contribution in [3.8, 4) is 0 Å². The summed E-state index contributed by atoms with van der Waals surface area (Å²) in [5.41, 5.74) is 0.991. The van der Waals surface area contributed by atoms with Gasteiger partial charge >= 0.3 is 6.18 Å². The number of carbonyl (C=O) groups excluding carboxylic acids is 2. The van der Waals surface area contributed by atoms with Crippen molar-refractivity contribution in [2.45, 2.75) is 25.9 Å². The lowest BCUT2D eigenvalue weighted by Crippen LogP contribution is -2.45. The van der Waals surface area contributed by atoms with Gasteiger partial charge in [0.25, 0.3) is 0 Å². The van der Waals surface area contributed by atoms with Gasteiger partial charge in [0.2, 0.25) is 11.8 Å². The first-order valence-corrected chi connectivity index (χ1v) is 8.02. The molecule has 2 rings (SSSR count). The zero-order valence-corrected chi connectivity index (χ0v) is 13.9. The minimum Gasteiger partial charge on any atom is -0.346 e. The van der Waals surface area contributed by atoms with Crippen LogP contribution in [0.5, 0.6) is 0 Å². The van der Waals surface area contributed by atoms with E-state index < -0.39 is 18.6 Å². The van der Waals surface area contributed by atoms with Crippen LogP contribution in [0.2, 0.25) is 0 Å². The number of aromatic nitrogens is 1. The fourth-order valence-corrected chi connectivity index (χ4v) is 2.64. The number of aryl methyl sites for hydroxylation is 1. The number of hydrogen-bond acceptors (Lipinski definition) is 4. The second-order valence-corrected chi connectivity index (χ2v) is 6.15. The van der Waals surface area contributed by atoms with Crippen LogP contribution in [0, 0.1) is 12.8 Å². The number of piperidine rings is 1. The average Bonchev–Trinajstić information content (AvgIpc) is 2.53. The number of carbonyl (C=O) groups is 2. The standard InChI is InChI=1S/C16H21F3N4O2/c1-11-2-5-20-13(8-11)22-15(25)12-3-6-23(7-4-12)9-14(24)21-10-16(17,18)19/h2,5,8,12H,3-4,6-7,9-10H2,1H3,(H,21,24)(H,20,22,25). The van der Waals surface area contributed by atoms with Crippen LogP contribution in [0.4, 0.5) is 19.0 Å². The summed E-state index contributed by atoms with van der Waals surface area (Å²) >= 11 is 0. The largest absolute Gasteiger partial charge is 0.405 e. The molecule has 0 atom stereocenters. The molecule has 0 saturated carbocycles. The maximum Gasteiger partial charge on any atom is 0.405 e. The molecule has 2 heterocycles. The predicted molar refractivity (Wildman–Crippen MR) is 85.8 cm³/mol. The average molecular weight is 358 g/mol. The van der Waals surface area contributed by atoms with Crippen molar-refractivity contribution >= 4 is 17.6 Å². The zero-order chi connectivity index (χ0) is 18.4. The number of likely N-dealkylation sites (tertiary alicyclic amines) is 1. The Morgan fingerprint density at radius 2 is 2.00 bits per heavy atom. The molecular weight excluding hydrogens is 337 g/mol. The molecule has 2 N–H and O–H groups in total. The molecule has 1 aromatic heterocycles. The smallest absolute Gasteiger partial charge is 0.346 e. The number of nitrogens with zero attached hydrogens (tertiary/aromatic N) is 2. The maximum absolute atomic E-state index is 12.2. The number of pyridine rings is 1. The summed E-state index contributed by atoms with van der Waals surface area (Å²) in [6.45, 7) is 1.45. The third-order valence-corrected chi connectivity index (χ3v) is 3.98. The van der Waals surface area contributed by atoms with E-state index in [1.807, 2.05) is 18.3 Å². The van der Waals surface area contributed by atoms with E-state index in [0.29, 0.717) is 31.7 Å². The molecule has 0 bridgehead atoms. The van der Waals surface area contributed by atoms with E-state index in [1.165, 1.54) is 0 Å². The summed E-state index contributed by atoms with van der Waals surface area (Å²) in [6, 6.07) is 3.61. The molecule has 0 radical (unpaired) electrons. The Bertz CT molecular complexity index is 614. The van der Waals surface area contributed by atoms with Crippen LogP contribution in [0.15, 0.2) is 18.3 Å². The van der Waals surface area contributed by atoms with E-state index >= 15 is 0 Å².